The summed E-state index contributed by atoms with van der Waals surface area (Å²) >= 11 is 0. The van der Waals surface area contributed by atoms with Crippen molar-refractivity contribution in [2.75, 3.05) is 32.1 Å². The van der Waals surface area contributed by atoms with Crippen LogP contribution in [0.25, 0.3) is 0 Å². The number of carbonyl (C=O) groups is 1. The van der Waals surface area contributed by atoms with Crippen LogP contribution in [-0.4, -0.2) is 48.5 Å². The number of rotatable bonds is 4. The maximum atomic E-state index is 12.8. The van der Waals surface area contributed by atoms with Gasteiger partial charge in [0.2, 0.25) is 5.91 Å². The van der Waals surface area contributed by atoms with E-state index < -0.39 is 0 Å². The highest BCUT2D eigenvalue weighted by atomic mass is 127. The molecule has 1 aliphatic heterocycles. The number of guanidine groups is 1. The molecule has 1 N–H and O–H groups in total. The minimum absolute atomic E-state index is 0. The lowest BCUT2D eigenvalue weighted by Crippen LogP contribution is -2.46. The van der Waals surface area contributed by atoms with Gasteiger partial charge < -0.3 is 19.7 Å². The molecule has 0 fully saturated rings. The lowest BCUT2D eigenvalue weighted by Gasteiger charge is -2.30. The van der Waals surface area contributed by atoms with Gasteiger partial charge in [-0.3, -0.25) is 9.79 Å². The van der Waals surface area contributed by atoms with Gasteiger partial charge in [0.1, 0.15) is 0 Å². The number of benzene rings is 1. The zero-order valence-electron chi connectivity index (χ0n) is 16.2. The van der Waals surface area contributed by atoms with Crippen molar-refractivity contribution >= 4 is 41.5 Å². The van der Waals surface area contributed by atoms with Crippen LogP contribution in [-0.2, 0) is 24.8 Å². The Kier molecular flexibility index (Phi) is 7.70. The summed E-state index contributed by atoms with van der Waals surface area (Å²) in [6.07, 6.45) is 4.07. The van der Waals surface area contributed by atoms with Crippen LogP contribution in [0, 0.1) is 0 Å². The Morgan fingerprint density at radius 3 is 2.74 bits per heavy atom. The summed E-state index contributed by atoms with van der Waals surface area (Å²) < 4.78 is 2.08. The van der Waals surface area contributed by atoms with Crippen LogP contribution in [0.15, 0.2) is 47.6 Å². The molecule has 146 valence electrons. The number of nitrogens with zero attached hydrogens (tertiary/aromatic N) is 4. The number of nitrogens with one attached hydrogen (secondary N) is 1. The monoisotopic (exact) mass is 481 g/mol. The first-order valence-electron chi connectivity index (χ1n) is 9.00. The number of aliphatic imine (C=N–C) groups is 1. The number of anilines is 1. The van der Waals surface area contributed by atoms with Crippen molar-refractivity contribution in [1.29, 1.82) is 0 Å². The molecule has 0 atom stereocenters. The fourth-order valence-electron chi connectivity index (χ4n) is 3.41. The molecule has 7 heteroatoms. The second-order valence-electron chi connectivity index (χ2n) is 6.64. The molecule has 0 spiro atoms. The highest BCUT2D eigenvalue weighted by molar-refractivity contribution is 14.0. The van der Waals surface area contributed by atoms with E-state index in [9.17, 15) is 4.79 Å². The van der Waals surface area contributed by atoms with Gasteiger partial charge in [0.15, 0.2) is 5.96 Å². The van der Waals surface area contributed by atoms with E-state index in [1.165, 1.54) is 11.3 Å². The van der Waals surface area contributed by atoms with Gasteiger partial charge in [0.25, 0.3) is 0 Å². The third-order valence-electron chi connectivity index (χ3n) is 4.83. The van der Waals surface area contributed by atoms with Crippen molar-refractivity contribution < 1.29 is 4.79 Å². The molecule has 0 unspecified atom stereocenters. The summed E-state index contributed by atoms with van der Waals surface area (Å²) in [4.78, 5) is 21.0. The molecule has 27 heavy (non-hydrogen) atoms. The van der Waals surface area contributed by atoms with Crippen LogP contribution < -0.4 is 10.2 Å². The number of hydrogen-bond acceptors (Lipinski definition) is 2. The number of para-hydroxylation sites is 1. The van der Waals surface area contributed by atoms with Gasteiger partial charge in [0, 0.05) is 45.3 Å². The maximum absolute atomic E-state index is 12.8. The molecule has 0 radical (unpaired) electrons. The molecule has 0 saturated carbocycles. The predicted molar refractivity (Wildman–Crippen MR) is 121 cm³/mol. The average molecular weight is 481 g/mol. The molecule has 0 aliphatic carbocycles. The Bertz CT molecular complexity index is 801. The zero-order chi connectivity index (χ0) is 18.5. The molecule has 0 saturated heterocycles. The third kappa shape index (κ3) is 5.03. The summed E-state index contributed by atoms with van der Waals surface area (Å²) in [6.45, 7) is 1.73. The minimum atomic E-state index is 0. The molecule has 2 aromatic rings. The lowest BCUT2D eigenvalue weighted by atomic mass is 10.0. The van der Waals surface area contributed by atoms with E-state index in [1.807, 2.05) is 54.4 Å². The molecular weight excluding hydrogens is 453 g/mol. The van der Waals surface area contributed by atoms with Crippen molar-refractivity contribution in [1.82, 2.24) is 14.8 Å². The summed E-state index contributed by atoms with van der Waals surface area (Å²) in [5, 5.41) is 3.20. The molecule has 3 rings (SSSR count). The van der Waals surface area contributed by atoms with Crippen molar-refractivity contribution in [3.8, 4) is 0 Å². The largest absolute Gasteiger partial charge is 0.353 e. The van der Waals surface area contributed by atoms with E-state index in [2.05, 4.69) is 27.0 Å². The van der Waals surface area contributed by atoms with E-state index >= 15 is 0 Å². The number of amides is 1. The fraction of sp³-hybridized carbons (Fsp3) is 0.400. The average Bonchev–Trinajstić information content (AvgIpc) is 3.06. The highest BCUT2D eigenvalue weighted by Crippen LogP contribution is 2.26. The first-order chi connectivity index (χ1) is 12.6. The molecule has 1 aromatic heterocycles. The lowest BCUT2D eigenvalue weighted by molar-refractivity contribution is -0.117. The highest BCUT2D eigenvalue weighted by Gasteiger charge is 2.22. The second-order valence-corrected chi connectivity index (χ2v) is 6.64. The van der Waals surface area contributed by atoms with Crippen LogP contribution in [0.5, 0.6) is 0 Å². The SMILES string of the molecule is CN=C(NCC(=O)N1CCCc2ccccc21)N(C)Cc1cccn1C.I. The number of hydrogen-bond donors (Lipinski definition) is 1. The van der Waals surface area contributed by atoms with Gasteiger partial charge in [-0.25, -0.2) is 0 Å². The Hall–Kier alpha value is -2.03. The van der Waals surface area contributed by atoms with Crippen molar-refractivity contribution in [3.63, 3.8) is 0 Å². The quantitative estimate of drug-likeness (QED) is 0.415. The van der Waals surface area contributed by atoms with Gasteiger partial charge in [-0.05, 0) is 36.6 Å². The topological polar surface area (TPSA) is 52.9 Å². The Morgan fingerprint density at radius 2 is 2.04 bits per heavy atom. The fourth-order valence-corrected chi connectivity index (χ4v) is 3.41. The molecule has 1 amide bonds. The van der Waals surface area contributed by atoms with Crippen LogP contribution in [0.1, 0.15) is 17.7 Å². The van der Waals surface area contributed by atoms with Gasteiger partial charge in [-0.15, -0.1) is 24.0 Å². The van der Waals surface area contributed by atoms with Gasteiger partial charge >= 0.3 is 0 Å². The number of halogens is 1. The molecular formula is C20H28IN5O. The number of aryl methyl sites for hydroxylation is 2. The van der Waals surface area contributed by atoms with E-state index in [1.54, 1.807) is 7.05 Å². The maximum Gasteiger partial charge on any atom is 0.246 e. The van der Waals surface area contributed by atoms with Crippen LogP contribution >= 0.6 is 24.0 Å². The zero-order valence-corrected chi connectivity index (χ0v) is 18.5. The Morgan fingerprint density at radius 1 is 1.26 bits per heavy atom. The molecule has 2 heterocycles. The van der Waals surface area contributed by atoms with Gasteiger partial charge in [-0.1, -0.05) is 18.2 Å². The number of aromatic nitrogens is 1. The van der Waals surface area contributed by atoms with Crippen molar-refractivity contribution in [2.24, 2.45) is 12.0 Å². The van der Waals surface area contributed by atoms with E-state index in [4.69, 9.17) is 0 Å². The first-order valence-corrected chi connectivity index (χ1v) is 9.00. The van der Waals surface area contributed by atoms with Crippen LogP contribution in [0.2, 0.25) is 0 Å². The molecule has 0 bridgehead atoms. The third-order valence-corrected chi connectivity index (χ3v) is 4.83. The summed E-state index contributed by atoms with van der Waals surface area (Å²) in [5.41, 5.74) is 3.47. The predicted octanol–water partition coefficient (Wildman–Crippen LogP) is 2.63. The standard InChI is InChI=1S/C20H27N5O.HI/c1-21-20(24(3)15-17-10-7-12-23(17)2)22-14-19(26)25-13-6-9-16-8-4-5-11-18(16)25;/h4-5,7-8,10-12H,6,9,13-15H2,1-3H3,(H,21,22);1H. The van der Waals surface area contributed by atoms with E-state index in [0.717, 1.165) is 31.6 Å². The Balaban J connectivity index is 0.00000261. The van der Waals surface area contributed by atoms with Crippen molar-refractivity contribution in [2.45, 2.75) is 19.4 Å². The second kappa shape index (κ2) is 9.77. The normalized spacial score (nSPS) is 13.6. The van der Waals surface area contributed by atoms with Crippen LogP contribution in [0.4, 0.5) is 5.69 Å². The summed E-state index contributed by atoms with van der Waals surface area (Å²) in [5.74, 6) is 0.787. The van der Waals surface area contributed by atoms with Crippen molar-refractivity contribution in [3.05, 3.63) is 53.9 Å². The number of carbonyl (C=O) groups excluding carboxylic acids is 1. The minimum Gasteiger partial charge on any atom is -0.353 e. The first kappa shape index (κ1) is 21.3. The Labute approximate surface area is 178 Å². The molecule has 6 nitrogen and oxygen atoms in total. The van der Waals surface area contributed by atoms with E-state index in [0.29, 0.717) is 5.96 Å². The summed E-state index contributed by atoms with van der Waals surface area (Å²) in [7, 11) is 5.74. The van der Waals surface area contributed by atoms with Gasteiger partial charge in [-0.2, -0.15) is 0 Å². The number of fused-ring (bicyclic) bond motifs is 1. The van der Waals surface area contributed by atoms with E-state index in [-0.39, 0.29) is 36.4 Å². The van der Waals surface area contributed by atoms with Gasteiger partial charge in [0.05, 0.1) is 13.1 Å². The molecule has 1 aromatic carbocycles. The smallest absolute Gasteiger partial charge is 0.246 e. The van der Waals surface area contributed by atoms with Crippen LogP contribution in [0.3, 0.4) is 0 Å². The molecule has 1 aliphatic rings. The summed E-state index contributed by atoms with van der Waals surface area (Å²) in [6, 6.07) is 12.3.